The molecule has 0 bridgehead atoms. The lowest BCUT2D eigenvalue weighted by Gasteiger charge is -1.92. The lowest BCUT2D eigenvalue weighted by atomic mass is 10.3. The van der Waals surface area contributed by atoms with Gasteiger partial charge in [0.1, 0.15) is 18.6 Å². The van der Waals surface area contributed by atoms with Crippen LogP contribution in [0.1, 0.15) is 5.69 Å². The Hall–Kier alpha value is -1.45. The highest BCUT2D eigenvalue weighted by atomic mass is 19.1. The number of nitrogens with one attached hydrogen (secondary N) is 1. The third-order valence-electron chi connectivity index (χ3n) is 1.56. The van der Waals surface area contributed by atoms with E-state index in [9.17, 15) is 4.39 Å². The molecule has 0 unspecified atom stereocenters. The van der Waals surface area contributed by atoms with E-state index in [2.05, 4.69) is 15.0 Å². The minimum atomic E-state index is -0.545. The molecule has 0 atom stereocenters. The number of nitrogens with zero attached hydrogens (tertiary/aromatic N) is 2. The zero-order valence-corrected chi connectivity index (χ0v) is 5.71. The van der Waals surface area contributed by atoms with E-state index in [1.54, 1.807) is 12.3 Å². The molecule has 0 aromatic carbocycles. The first-order valence-corrected chi connectivity index (χ1v) is 3.25. The first-order chi connectivity index (χ1) is 5.42. The number of H-pyrrole nitrogens is 1. The average molecular weight is 151 g/mol. The van der Waals surface area contributed by atoms with Gasteiger partial charge in [0, 0.05) is 11.6 Å². The van der Waals surface area contributed by atoms with Crippen molar-refractivity contribution < 1.29 is 4.39 Å². The number of alkyl halides is 1. The molecule has 0 fully saturated rings. The van der Waals surface area contributed by atoms with E-state index in [0.717, 1.165) is 5.39 Å². The van der Waals surface area contributed by atoms with Crippen LogP contribution >= 0.6 is 0 Å². The van der Waals surface area contributed by atoms with Gasteiger partial charge in [-0.25, -0.2) is 14.4 Å². The Morgan fingerprint density at radius 1 is 1.45 bits per heavy atom. The summed E-state index contributed by atoms with van der Waals surface area (Å²) in [7, 11) is 0. The topological polar surface area (TPSA) is 41.6 Å². The zero-order valence-electron chi connectivity index (χ0n) is 5.71. The van der Waals surface area contributed by atoms with Gasteiger partial charge in [0.25, 0.3) is 0 Å². The van der Waals surface area contributed by atoms with Crippen molar-refractivity contribution in [3.05, 3.63) is 24.3 Å². The van der Waals surface area contributed by atoms with Gasteiger partial charge in [-0.3, -0.25) is 0 Å². The van der Waals surface area contributed by atoms with E-state index in [-0.39, 0.29) is 0 Å². The molecule has 2 heterocycles. The first kappa shape index (κ1) is 6.27. The Morgan fingerprint density at radius 2 is 2.36 bits per heavy atom. The summed E-state index contributed by atoms with van der Waals surface area (Å²) in [5.41, 5.74) is 1.13. The van der Waals surface area contributed by atoms with Crippen LogP contribution in [0.5, 0.6) is 0 Å². The van der Waals surface area contributed by atoms with Crippen molar-refractivity contribution in [2.24, 2.45) is 0 Å². The summed E-state index contributed by atoms with van der Waals surface area (Å²) < 4.78 is 12.2. The Balaban J connectivity index is 2.79. The first-order valence-electron chi connectivity index (χ1n) is 3.25. The van der Waals surface area contributed by atoms with Crippen LogP contribution in [0.4, 0.5) is 4.39 Å². The molecule has 3 nitrogen and oxygen atoms in total. The predicted octanol–water partition coefficient (Wildman–Crippen LogP) is 1.43. The van der Waals surface area contributed by atoms with Crippen LogP contribution in [0.15, 0.2) is 18.6 Å². The summed E-state index contributed by atoms with van der Waals surface area (Å²) in [6, 6.07) is 1.77. The highest BCUT2D eigenvalue weighted by Gasteiger charge is 2.01. The molecule has 56 valence electrons. The van der Waals surface area contributed by atoms with Crippen LogP contribution in [0.25, 0.3) is 11.0 Å². The van der Waals surface area contributed by atoms with Crippen LogP contribution in [-0.4, -0.2) is 15.0 Å². The van der Waals surface area contributed by atoms with E-state index in [0.29, 0.717) is 11.3 Å². The van der Waals surface area contributed by atoms with Gasteiger partial charge < -0.3 is 4.98 Å². The maximum atomic E-state index is 12.2. The van der Waals surface area contributed by atoms with Crippen molar-refractivity contribution >= 4 is 11.0 Å². The number of aromatic nitrogens is 3. The molecule has 0 radical (unpaired) electrons. The smallest absolute Gasteiger partial charge is 0.141 e. The minimum Gasteiger partial charge on any atom is -0.346 e. The second-order valence-electron chi connectivity index (χ2n) is 2.19. The normalized spacial score (nSPS) is 10.6. The fourth-order valence-electron chi connectivity index (χ4n) is 1.03. The molecule has 1 N–H and O–H groups in total. The van der Waals surface area contributed by atoms with Crippen LogP contribution in [0.3, 0.4) is 0 Å². The number of rotatable bonds is 1. The maximum Gasteiger partial charge on any atom is 0.141 e. The van der Waals surface area contributed by atoms with Gasteiger partial charge in [-0.15, -0.1) is 0 Å². The fraction of sp³-hybridized carbons (Fsp3) is 0.143. The van der Waals surface area contributed by atoms with Crippen molar-refractivity contribution in [3.8, 4) is 0 Å². The fourth-order valence-corrected chi connectivity index (χ4v) is 1.03. The van der Waals surface area contributed by atoms with E-state index in [1.165, 1.54) is 6.33 Å². The predicted molar refractivity (Wildman–Crippen MR) is 38.7 cm³/mol. The molecule has 2 aromatic rings. The lowest BCUT2D eigenvalue weighted by Crippen LogP contribution is -1.87. The van der Waals surface area contributed by atoms with E-state index < -0.39 is 6.67 Å². The van der Waals surface area contributed by atoms with Gasteiger partial charge in [0.05, 0.1) is 5.69 Å². The standard InChI is InChI=1S/C7H6FN3/c8-3-6-5-1-2-9-7(5)11-4-10-6/h1-2,4H,3H2,(H,9,10,11). The number of hydrogen-bond donors (Lipinski definition) is 1. The zero-order chi connectivity index (χ0) is 7.68. The largest absolute Gasteiger partial charge is 0.346 e. The second kappa shape index (κ2) is 2.30. The molecule has 0 aliphatic heterocycles. The van der Waals surface area contributed by atoms with Gasteiger partial charge in [0.2, 0.25) is 0 Å². The molecular weight excluding hydrogens is 145 g/mol. The van der Waals surface area contributed by atoms with E-state index in [4.69, 9.17) is 0 Å². The average Bonchev–Trinajstić information content (AvgIpc) is 2.50. The summed E-state index contributed by atoms with van der Waals surface area (Å²) in [5, 5.41) is 0.759. The summed E-state index contributed by atoms with van der Waals surface area (Å²) >= 11 is 0. The summed E-state index contributed by atoms with van der Waals surface area (Å²) in [6.07, 6.45) is 3.08. The molecule has 0 aliphatic carbocycles. The molecule has 2 aromatic heterocycles. The number of halogens is 1. The Labute approximate surface area is 62.3 Å². The third-order valence-corrected chi connectivity index (χ3v) is 1.56. The Kier molecular flexibility index (Phi) is 1.31. The molecule has 0 saturated heterocycles. The van der Waals surface area contributed by atoms with Crippen molar-refractivity contribution in [3.63, 3.8) is 0 Å². The van der Waals surface area contributed by atoms with Crippen LogP contribution < -0.4 is 0 Å². The molecule has 0 spiro atoms. The SMILES string of the molecule is FCc1ncnc2[nH]ccc12. The highest BCUT2D eigenvalue weighted by Crippen LogP contribution is 2.12. The van der Waals surface area contributed by atoms with E-state index in [1.807, 2.05) is 0 Å². The second-order valence-corrected chi connectivity index (χ2v) is 2.19. The maximum absolute atomic E-state index is 12.2. The van der Waals surface area contributed by atoms with Gasteiger partial charge in [-0.05, 0) is 6.07 Å². The molecule has 2 rings (SSSR count). The highest BCUT2D eigenvalue weighted by molar-refractivity contribution is 5.77. The number of fused-ring (bicyclic) bond motifs is 1. The third kappa shape index (κ3) is 0.869. The summed E-state index contributed by atoms with van der Waals surface area (Å²) in [4.78, 5) is 10.6. The van der Waals surface area contributed by atoms with Gasteiger partial charge >= 0.3 is 0 Å². The van der Waals surface area contributed by atoms with Crippen molar-refractivity contribution in [1.29, 1.82) is 0 Å². The monoisotopic (exact) mass is 151 g/mol. The van der Waals surface area contributed by atoms with Gasteiger partial charge in [-0.2, -0.15) is 0 Å². The van der Waals surface area contributed by atoms with Crippen LogP contribution in [-0.2, 0) is 6.67 Å². The summed E-state index contributed by atoms with van der Waals surface area (Å²) in [5.74, 6) is 0. The van der Waals surface area contributed by atoms with Gasteiger partial charge in [-0.1, -0.05) is 0 Å². The minimum absolute atomic E-state index is 0.441. The van der Waals surface area contributed by atoms with Gasteiger partial charge in [0.15, 0.2) is 0 Å². The molecule has 4 heteroatoms. The molecular formula is C7H6FN3. The number of hydrogen-bond acceptors (Lipinski definition) is 2. The van der Waals surface area contributed by atoms with Crippen LogP contribution in [0, 0.1) is 0 Å². The quantitative estimate of drug-likeness (QED) is 0.669. The lowest BCUT2D eigenvalue weighted by molar-refractivity contribution is 0.478. The van der Waals surface area contributed by atoms with Crippen molar-refractivity contribution in [1.82, 2.24) is 15.0 Å². The Morgan fingerprint density at radius 3 is 3.18 bits per heavy atom. The molecule has 0 amide bonds. The number of aromatic amines is 1. The molecule has 0 aliphatic rings. The summed E-state index contributed by atoms with van der Waals surface area (Å²) in [6.45, 7) is -0.545. The van der Waals surface area contributed by atoms with E-state index >= 15 is 0 Å². The molecule has 11 heavy (non-hydrogen) atoms. The van der Waals surface area contributed by atoms with Crippen molar-refractivity contribution in [2.45, 2.75) is 6.67 Å². The Bertz CT molecular complexity index is 368. The van der Waals surface area contributed by atoms with Crippen molar-refractivity contribution in [2.75, 3.05) is 0 Å². The van der Waals surface area contributed by atoms with Crippen LogP contribution in [0.2, 0.25) is 0 Å². The molecule has 0 saturated carbocycles.